The maximum Gasteiger partial charge on any atom is 0.408 e. The molecule has 140 heavy (non-hydrogen) atoms. The number of carbonyl (C=O) groups is 6. The smallest absolute Gasteiger partial charge is 0.408 e. The summed E-state index contributed by atoms with van der Waals surface area (Å²) in [6.07, 6.45) is -1.01. The SMILES string of the molecule is C.CC(C)(C)OC(=O)NC(C)(C)c1cc(-c2ccc(F)cc2)nc(C(C)(O)CN)c1.COC(=O)c1ccc(OC)c(OCCO)c1.COc1ccc(C(=O)CCC(C)(O)c2cc(C(C)(C)N)cc(-c3ccc(F)cc3)n2)cc1OCCO.COc1ccc(C(=O)CCC(C)(O)c2cc(C(C)(C)NC(=O)OC(C)(C)C)cc(-c3ccc(F)cc3)n2)cc1OCCO.COc1ccc(C(=O)O)cc1OCCO. The number of esters is 1. The molecular formula is C105H134F3N7O25. The summed E-state index contributed by atoms with van der Waals surface area (Å²) in [7, 11) is 7.23. The summed E-state index contributed by atoms with van der Waals surface area (Å²) in [4.78, 5) is 86.9. The van der Waals surface area contributed by atoms with E-state index in [1.54, 1.807) is 191 Å². The van der Waals surface area contributed by atoms with E-state index >= 15 is 0 Å². The van der Waals surface area contributed by atoms with E-state index in [1.807, 2.05) is 33.8 Å². The molecule has 7 aromatic carbocycles. The second-order valence-corrected chi connectivity index (χ2v) is 36.0. The standard InChI is InChI=1S/C33H41FN2O7.C28H33FN2O5.C22H30FN3O3.C11H14O5.C10H12O5.CH4/c1-31(2,3)43-30(39)36-32(4,5)23-19-25(21-8-11-24(34)12-9-21)35-29(20-23)33(6,40)15-14-26(38)22-10-13-27(41-7)28(18-22)42-17-16-37;1-27(2,30)20-16-22(18-5-8-21(29)9-6-18)31-26(17-20)28(3,34)12-11-23(33)19-7-10-24(35-4)25(15-19)36-14-13-32;1-20(2,3)29-19(27)26-21(4,5)15-11-17(14-7-9-16(23)10-8-14)25-18(12-15)22(6,28)13-24;1-14-9-4-3-8(11(13)15-2)7-10(9)16-6-5-12;1-14-8-3-2-7(10(12)13)6-9(8)15-5-4-11;/h8-13,18-20,37,40H,14-17H2,1-7H3,(H,36,39);5-10,15-17,32,34H,11-14,30H2,1-4H3;7-12,28H,13,24H2,1-6H3,(H,26,27);3-4,7,12H,5-6H2,1-2H3;2-3,6,11H,4-5H2,1H3,(H,12,13);1H4. The molecule has 14 N–H and O–H groups in total. The molecule has 32 nitrogen and oxygen atoms in total. The predicted octanol–water partition coefficient (Wildman–Crippen LogP) is 16.3. The summed E-state index contributed by atoms with van der Waals surface area (Å²) in [5, 5.41) is 83.5. The fraction of sp³-hybridized carbons (Fsp3) is 0.400. The highest BCUT2D eigenvalue weighted by molar-refractivity contribution is 5.97. The van der Waals surface area contributed by atoms with Crippen LogP contribution in [-0.4, -0.2) is 198 Å². The molecule has 3 atom stereocenters. The normalized spacial score (nSPS) is 12.5. The van der Waals surface area contributed by atoms with Crippen molar-refractivity contribution in [3.63, 3.8) is 0 Å². The zero-order valence-electron chi connectivity index (χ0n) is 82.2. The predicted molar refractivity (Wildman–Crippen MR) is 523 cm³/mol. The van der Waals surface area contributed by atoms with Crippen LogP contribution in [0.1, 0.15) is 212 Å². The number of carbonyl (C=O) groups excluding carboxylic acids is 5. The number of benzene rings is 7. The molecule has 3 unspecified atom stereocenters. The van der Waals surface area contributed by atoms with Crippen molar-refractivity contribution >= 4 is 35.7 Å². The average molecular weight is 1950 g/mol. The highest BCUT2D eigenvalue weighted by Gasteiger charge is 2.36. The number of hydrogen-bond donors (Lipinski definition) is 12. The fourth-order valence-corrected chi connectivity index (χ4v) is 12.9. The van der Waals surface area contributed by atoms with Crippen molar-refractivity contribution in [2.45, 2.75) is 182 Å². The van der Waals surface area contributed by atoms with E-state index in [0.29, 0.717) is 119 Å². The van der Waals surface area contributed by atoms with Crippen molar-refractivity contribution in [3.8, 4) is 79.8 Å². The number of nitrogens with zero attached hydrogens (tertiary/aromatic N) is 3. The van der Waals surface area contributed by atoms with Gasteiger partial charge in [0.25, 0.3) is 0 Å². The maximum atomic E-state index is 13.7. The monoisotopic (exact) mass is 1950 g/mol. The van der Waals surface area contributed by atoms with Crippen LogP contribution in [0, 0.1) is 17.5 Å². The van der Waals surface area contributed by atoms with Gasteiger partial charge >= 0.3 is 24.1 Å². The van der Waals surface area contributed by atoms with E-state index in [4.69, 9.17) is 89.4 Å². The quantitative estimate of drug-likeness (QED) is 0.00971. The molecule has 0 aliphatic heterocycles. The Morgan fingerprint density at radius 3 is 0.907 bits per heavy atom. The molecule has 760 valence electrons. The highest BCUT2D eigenvalue weighted by Crippen LogP contribution is 2.39. The second-order valence-electron chi connectivity index (χ2n) is 36.0. The van der Waals surface area contributed by atoms with E-state index in [2.05, 4.69) is 25.3 Å². The number of ketones is 2. The number of hydrogen-bond acceptors (Lipinski definition) is 29. The van der Waals surface area contributed by atoms with E-state index in [9.17, 15) is 57.3 Å². The van der Waals surface area contributed by atoms with Crippen LogP contribution in [-0.2, 0) is 47.6 Å². The topological polar surface area (TPSA) is 481 Å². The summed E-state index contributed by atoms with van der Waals surface area (Å²) >= 11 is 0. The lowest BCUT2D eigenvalue weighted by Crippen LogP contribution is -2.44. The van der Waals surface area contributed by atoms with Crippen LogP contribution in [0.15, 0.2) is 182 Å². The van der Waals surface area contributed by atoms with Crippen molar-refractivity contribution in [3.05, 3.63) is 255 Å². The Balaban J connectivity index is 0.000000324. The van der Waals surface area contributed by atoms with Crippen molar-refractivity contribution in [1.82, 2.24) is 25.6 Å². The lowest BCUT2D eigenvalue weighted by molar-refractivity contribution is 0.0393. The van der Waals surface area contributed by atoms with Gasteiger partial charge in [0, 0.05) is 52.7 Å². The molecule has 3 aromatic heterocycles. The summed E-state index contributed by atoms with van der Waals surface area (Å²) in [6, 6.07) is 46.7. The third-order valence-corrected chi connectivity index (χ3v) is 20.8. The molecule has 0 saturated heterocycles. The number of aromatic nitrogens is 3. The number of methoxy groups -OCH3 is 5. The van der Waals surface area contributed by atoms with Crippen LogP contribution in [0.5, 0.6) is 46.0 Å². The number of ether oxygens (including phenoxy) is 11. The number of carboxylic acid groups (broad SMARTS) is 1. The molecule has 0 saturated carbocycles. The van der Waals surface area contributed by atoms with Gasteiger partial charge in [0.1, 0.15) is 71.9 Å². The maximum absolute atomic E-state index is 13.7. The Morgan fingerprint density at radius 1 is 0.364 bits per heavy atom. The van der Waals surface area contributed by atoms with Crippen molar-refractivity contribution < 1.29 is 135 Å². The number of aromatic carboxylic acids is 1. The number of amides is 2. The number of Topliss-reactive ketones (excluding diaryl/α,β-unsaturated/α-hetero) is 2. The van der Waals surface area contributed by atoms with Crippen molar-refractivity contribution in [2.75, 3.05) is 94.9 Å². The number of carboxylic acids is 1. The minimum Gasteiger partial charge on any atom is -0.493 e. The number of alkyl carbamates (subject to hydrolysis) is 2. The van der Waals surface area contributed by atoms with Gasteiger partial charge in [0.15, 0.2) is 57.6 Å². The largest absolute Gasteiger partial charge is 0.493 e. The number of nitrogens with one attached hydrogen (secondary N) is 2. The van der Waals surface area contributed by atoms with E-state index in [1.165, 1.54) is 96.2 Å². The molecule has 0 spiro atoms. The number of pyridine rings is 3. The van der Waals surface area contributed by atoms with Gasteiger partial charge in [-0.15, -0.1) is 0 Å². The third-order valence-electron chi connectivity index (χ3n) is 20.8. The van der Waals surface area contributed by atoms with E-state index < -0.39 is 74.6 Å². The number of halogens is 3. The minimum atomic E-state index is -1.55. The van der Waals surface area contributed by atoms with E-state index in [-0.39, 0.29) is 127 Å². The van der Waals surface area contributed by atoms with Crippen LogP contribution in [0.25, 0.3) is 33.8 Å². The van der Waals surface area contributed by atoms with Gasteiger partial charge in [-0.1, -0.05) is 7.43 Å². The van der Waals surface area contributed by atoms with Gasteiger partial charge in [-0.05, 0) is 315 Å². The first kappa shape index (κ1) is 117. The molecule has 0 bridgehead atoms. The molecule has 0 aliphatic carbocycles. The first-order valence-electron chi connectivity index (χ1n) is 44.2. The average Bonchev–Trinajstić information content (AvgIpc) is 0.787. The zero-order chi connectivity index (χ0) is 104. The van der Waals surface area contributed by atoms with Crippen LogP contribution in [0.4, 0.5) is 22.8 Å². The van der Waals surface area contributed by atoms with Crippen LogP contribution < -0.4 is 60.0 Å². The van der Waals surface area contributed by atoms with E-state index in [0.717, 1.165) is 5.56 Å². The number of nitrogens with two attached hydrogens (primary N) is 2. The first-order valence-corrected chi connectivity index (χ1v) is 44.2. The Kier molecular flexibility index (Phi) is 44.0. The lowest BCUT2D eigenvalue weighted by Gasteiger charge is -2.31. The van der Waals surface area contributed by atoms with Gasteiger partial charge in [0.05, 0.1) is 118 Å². The van der Waals surface area contributed by atoms with Crippen molar-refractivity contribution in [2.24, 2.45) is 11.5 Å². The Hall–Kier alpha value is -13.4. The van der Waals surface area contributed by atoms with Crippen LogP contribution in [0.2, 0.25) is 0 Å². The van der Waals surface area contributed by atoms with Gasteiger partial charge in [-0.3, -0.25) is 9.59 Å². The highest BCUT2D eigenvalue weighted by atomic mass is 19.1. The molecule has 3 heterocycles. The molecule has 2 amide bonds. The fourth-order valence-electron chi connectivity index (χ4n) is 12.9. The summed E-state index contributed by atoms with van der Waals surface area (Å²) in [6.45, 7) is 26.0. The molecule has 0 radical (unpaired) electrons. The Bertz CT molecular complexity index is 5740. The molecule has 10 aromatic rings. The minimum absolute atomic E-state index is 0. The lowest BCUT2D eigenvalue weighted by atomic mass is 9.87. The second kappa shape index (κ2) is 52.6. The third kappa shape index (κ3) is 36.1. The summed E-state index contributed by atoms with van der Waals surface area (Å²) < 4.78 is 97.7. The first-order chi connectivity index (χ1) is 65.1. The number of rotatable bonds is 38. The van der Waals surface area contributed by atoms with Crippen LogP contribution in [0.3, 0.4) is 0 Å². The van der Waals surface area contributed by atoms with Gasteiger partial charge < -0.3 is 115 Å². The van der Waals surface area contributed by atoms with Gasteiger partial charge in [-0.25, -0.2) is 47.3 Å². The molecular weight excluding hydrogens is 1820 g/mol. The van der Waals surface area contributed by atoms with Gasteiger partial charge in [0.2, 0.25) is 0 Å². The molecule has 35 heteroatoms. The molecule has 0 aliphatic rings. The van der Waals surface area contributed by atoms with Crippen LogP contribution >= 0.6 is 0 Å². The Labute approximate surface area is 815 Å². The van der Waals surface area contributed by atoms with Crippen molar-refractivity contribution in [1.29, 1.82) is 0 Å². The summed E-state index contributed by atoms with van der Waals surface area (Å²) in [5.74, 6) is 0.178. The summed E-state index contributed by atoms with van der Waals surface area (Å²) in [5.41, 5.74) is 11.7. The number of aliphatic hydroxyl groups excluding tert-OH is 4. The molecule has 10 rings (SSSR count). The molecule has 0 fully saturated rings. The van der Waals surface area contributed by atoms with Gasteiger partial charge in [-0.2, -0.15) is 0 Å². The zero-order valence-corrected chi connectivity index (χ0v) is 82.2. The Morgan fingerprint density at radius 2 is 0.636 bits per heavy atom. The number of aliphatic hydroxyl groups is 7.